The maximum absolute atomic E-state index is 12.2. The second-order valence-electron chi connectivity index (χ2n) is 4.16. The fourth-order valence-corrected chi connectivity index (χ4v) is 2.40. The van der Waals surface area contributed by atoms with Crippen LogP contribution in [0.5, 0.6) is 0 Å². The Morgan fingerprint density at radius 3 is 2.05 bits per heavy atom. The number of hydrogen-bond acceptors (Lipinski definition) is 4. The lowest BCUT2D eigenvalue weighted by molar-refractivity contribution is -0.172. The molecule has 0 aromatic rings. The summed E-state index contributed by atoms with van der Waals surface area (Å²) in [7, 11) is 0. The van der Waals surface area contributed by atoms with Gasteiger partial charge < -0.3 is 9.47 Å². The highest BCUT2D eigenvalue weighted by Crippen LogP contribution is 2.33. The van der Waals surface area contributed by atoms with Crippen LogP contribution in [0.4, 0.5) is 0 Å². The maximum Gasteiger partial charge on any atom is 0.323 e. The molecular formula is C14H23IO4. The van der Waals surface area contributed by atoms with Gasteiger partial charge in [0.2, 0.25) is 0 Å². The second-order valence-corrected chi connectivity index (χ2v) is 5.24. The molecule has 4 nitrogen and oxygen atoms in total. The van der Waals surface area contributed by atoms with Gasteiger partial charge >= 0.3 is 11.9 Å². The average Bonchev–Trinajstić information content (AvgIpc) is 2.38. The SMILES string of the molecule is C=CCC(CCCCI)(C(=O)OCC)C(=O)OCC. The molecule has 0 rings (SSSR count). The number of esters is 2. The van der Waals surface area contributed by atoms with Crippen molar-refractivity contribution in [1.82, 2.24) is 0 Å². The van der Waals surface area contributed by atoms with Crippen molar-refractivity contribution in [2.75, 3.05) is 17.6 Å². The molecule has 0 saturated carbocycles. The molecule has 0 spiro atoms. The Hall–Kier alpha value is -0.590. The Labute approximate surface area is 129 Å². The molecule has 0 aliphatic rings. The molecular weight excluding hydrogens is 359 g/mol. The molecule has 110 valence electrons. The van der Waals surface area contributed by atoms with Crippen LogP contribution in [0.3, 0.4) is 0 Å². The van der Waals surface area contributed by atoms with Crippen molar-refractivity contribution in [3.63, 3.8) is 0 Å². The Kier molecular flexibility index (Phi) is 9.91. The largest absolute Gasteiger partial charge is 0.465 e. The van der Waals surface area contributed by atoms with E-state index in [1.54, 1.807) is 19.9 Å². The number of carbonyl (C=O) groups is 2. The zero-order chi connectivity index (χ0) is 14.7. The van der Waals surface area contributed by atoms with E-state index in [-0.39, 0.29) is 19.6 Å². The molecule has 0 heterocycles. The summed E-state index contributed by atoms with van der Waals surface area (Å²) in [4.78, 5) is 24.4. The van der Waals surface area contributed by atoms with Gasteiger partial charge in [-0.15, -0.1) is 6.58 Å². The van der Waals surface area contributed by atoms with Crippen LogP contribution in [-0.4, -0.2) is 29.6 Å². The third-order valence-electron chi connectivity index (χ3n) is 2.81. The van der Waals surface area contributed by atoms with Crippen LogP contribution < -0.4 is 0 Å². The molecule has 0 fully saturated rings. The van der Waals surface area contributed by atoms with E-state index in [1.165, 1.54) is 0 Å². The van der Waals surface area contributed by atoms with Gasteiger partial charge in [0.25, 0.3) is 0 Å². The quantitative estimate of drug-likeness (QED) is 0.145. The van der Waals surface area contributed by atoms with Crippen LogP contribution in [0.2, 0.25) is 0 Å². The lowest BCUT2D eigenvalue weighted by atomic mass is 9.79. The van der Waals surface area contributed by atoms with Crippen molar-refractivity contribution in [2.45, 2.75) is 39.5 Å². The maximum atomic E-state index is 12.2. The molecule has 0 aromatic heterocycles. The molecule has 0 aliphatic heterocycles. The van der Waals surface area contributed by atoms with Gasteiger partial charge in [-0.1, -0.05) is 35.1 Å². The minimum Gasteiger partial charge on any atom is -0.465 e. The van der Waals surface area contributed by atoms with Gasteiger partial charge in [-0.25, -0.2) is 0 Å². The number of allylic oxidation sites excluding steroid dienone is 1. The molecule has 0 amide bonds. The summed E-state index contributed by atoms with van der Waals surface area (Å²) in [5, 5.41) is 0. The van der Waals surface area contributed by atoms with Crippen molar-refractivity contribution < 1.29 is 19.1 Å². The summed E-state index contributed by atoms with van der Waals surface area (Å²) in [6.45, 7) is 7.61. The van der Waals surface area contributed by atoms with E-state index in [1.807, 2.05) is 0 Å². The highest BCUT2D eigenvalue weighted by Gasteiger charge is 2.47. The van der Waals surface area contributed by atoms with Crippen LogP contribution in [-0.2, 0) is 19.1 Å². The minimum absolute atomic E-state index is 0.253. The van der Waals surface area contributed by atoms with Crippen molar-refractivity contribution in [1.29, 1.82) is 0 Å². The molecule has 0 aliphatic carbocycles. The van der Waals surface area contributed by atoms with Gasteiger partial charge in [-0.2, -0.15) is 0 Å². The third kappa shape index (κ3) is 5.50. The summed E-state index contributed by atoms with van der Waals surface area (Å²) < 4.78 is 11.1. The molecule has 19 heavy (non-hydrogen) atoms. The van der Waals surface area contributed by atoms with Gasteiger partial charge in [0, 0.05) is 0 Å². The average molecular weight is 382 g/mol. The highest BCUT2D eigenvalue weighted by atomic mass is 127. The Balaban J connectivity index is 5.13. The lowest BCUT2D eigenvalue weighted by Crippen LogP contribution is -2.42. The second kappa shape index (κ2) is 10.2. The van der Waals surface area contributed by atoms with E-state index in [4.69, 9.17) is 9.47 Å². The molecule has 0 atom stereocenters. The first-order valence-corrected chi connectivity index (χ1v) is 8.12. The number of carbonyl (C=O) groups excluding carboxylic acids is 2. The molecule has 0 N–H and O–H groups in total. The van der Waals surface area contributed by atoms with Crippen molar-refractivity contribution in [2.24, 2.45) is 5.41 Å². The minimum atomic E-state index is -1.22. The third-order valence-corrected chi connectivity index (χ3v) is 3.58. The van der Waals surface area contributed by atoms with E-state index < -0.39 is 17.4 Å². The topological polar surface area (TPSA) is 52.6 Å². The number of halogens is 1. The predicted molar refractivity (Wildman–Crippen MR) is 83.3 cm³/mol. The first-order valence-electron chi connectivity index (χ1n) is 6.60. The van der Waals surface area contributed by atoms with Gasteiger partial charge in [0.05, 0.1) is 13.2 Å². The fourth-order valence-electron chi connectivity index (χ4n) is 1.86. The standard InChI is InChI=1S/C14H23IO4/c1-4-9-14(10-7-8-11-15,12(16)18-5-2)13(17)19-6-3/h4H,1,5-11H2,2-3H3. The molecule has 0 unspecified atom stereocenters. The summed E-state index contributed by atoms with van der Waals surface area (Å²) in [6, 6.07) is 0. The van der Waals surface area contributed by atoms with Crippen molar-refractivity contribution in [3.8, 4) is 0 Å². The van der Waals surface area contributed by atoms with Crippen molar-refractivity contribution in [3.05, 3.63) is 12.7 Å². The fraction of sp³-hybridized carbons (Fsp3) is 0.714. The number of ether oxygens (including phenoxy) is 2. The van der Waals surface area contributed by atoms with Gasteiger partial charge in [0.1, 0.15) is 0 Å². The summed E-state index contributed by atoms with van der Waals surface area (Å²) in [5.74, 6) is -0.997. The van der Waals surface area contributed by atoms with Gasteiger partial charge in [-0.05, 0) is 37.5 Å². The molecule has 5 heteroatoms. The summed E-state index contributed by atoms with van der Waals surface area (Å²) >= 11 is 2.28. The molecule has 0 saturated heterocycles. The van der Waals surface area contributed by atoms with E-state index in [0.717, 1.165) is 17.3 Å². The van der Waals surface area contributed by atoms with E-state index in [0.29, 0.717) is 6.42 Å². The highest BCUT2D eigenvalue weighted by molar-refractivity contribution is 14.1. The van der Waals surface area contributed by atoms with Crippen LogP contribution in [0.25, 0.3) is 0 Å². The zero-order valence-corrected chi connectivity index (χ0v) is 13.9. The van der Waals surface area contributed by atoms with Gasteiger partial charge in [0.15, 0.2) is 5.41 Å². The van der Waals surface area contributed by atoms with Crippen LogP contribution >= 0.6 is 22.6 Å². The number of hydrogen-bond donors (Lipinski definition) is 0. The molecule has 0 bridgehead atoms. The summed E-state index contributed by atoms with van der Waals surface area (Å²) in [5.41, 5.74) is -1.22. The zero-order valence-electron chi connectivity index (χ0n) is 11.7. The van der Waals surface area contributed by atoms with E-state index >= 15 is 0 Å². The van der Waals surface area contributed by atoms with Crippen LogP contribution in [0, 0.1) is 5.41 Å². The first-order chi connectivity index (χ1) is 9.08. The number of rotatable bonds is 10. The smallest absolute Gasteiger partial charge is 0.323 e. The Bertz CT molecular complexity index is 284. The monoisotopic (exact) mass is 382 g/mol. The number of alkyl halides is 1. The molecule has 0 aromatic carbocycles. The van der Waals surface area contributed by atoms with Gasteiger partial charge in [-0.3, -0.25) is 9.59 Å². The van der Waals surface area contributed by atoms with E-state index in [9.17, 15) is 9.59 Å². The van der Waals surface area contributed by atoms with E-state index in [2.05, 4.69) is 29.2 Å². The van der Waals surface area contributed by atoms with Crippen LogP contribution in [0.1, 0.15) is 39.5 Å². The Morgan fingerprint density at radius 1 is 1.16 bits per heavy atom. The molecule has 0 radical (unpaired) electrons. The Morgan fingerprint density at radius 2 is 1.68 bits per heavy atom. The number of unbranched alkanes of at least 4 members (excludes halogenated alkanes) is 1. The van der Waals surface area contributed by atoms with Crippen LogP contribution in [0.15, 0.2) is 12.7 Å². The first kappa shape index (κ1) is 18.4. The lowest BCUT2D eigenvalue weighted by Gasteiger charge is -2.28. The summed E-state index contributed by atoms with van der Waals surface area (Å²) in [6.07, 6.45) is 4.02. The normalized spacial score (nSPS) is 10.9. The predicted octanol–water partition coefficient (Wildman–Crippen LogP) is 3.28. The van der Waals surface area contributed by atoms with Crippen molar-refractivity contribution >= 4 is 34.5 Å².